The quantitative estimate of drug-likeness (QED) is 0.770. The maximum Gasteiger partial charge on any atom is 0.00363 e. The van der Waals surface area contributed by atoms with E-state index >= 15 is 0 Å². The van der Waals surface area contributed by atoms with Gasteiger partial charge in [-0.15, -0.1) is 0 Å². The Morgan fingerprint density at radius 1 is 1.25 bits per heavy atom. The highest BCUT2D eigenvalue weighted by Crippen LogP contribution is 2.47. The average Bonchev–Trinajstić information content (AvgIpc) is 3.08. The third-order valence-electron chi connectivity index (χ3n) is 3.82. The van der Waals surface area contributed by atoms with Gasteiger partial charge in [0.25, 0.3) is 0 Å². The fourth-order valence-electron chi connectivity index (χ4n) is 2.16. The van der Waals surface area contributed by atoms with Gasteiger partial charge in [-0.25, -0.2) is 0 Å². The molecule has 1 nitrogen and oxygen atoms in total. The Hall–Kier alpha value is -0.820. The molecule has 1 heteroatoms. The summed E-state index contributed by atoms with van der Waals surface area (Å²) < 4.78 is 0. The highest BCUT2D eigenvalue weighted by Gasteiger charge is 2.42. The van der Waals surface area contributed by atoms with E-state index in [1.807, 2.05) is 0 Å². The number of hydrogen-bond donors (Lipinski definition) is 1. The minimum Gasteiger partial charge on any atom is -0.314 e. The van der Waals surface area contributed by atoms with E-state index in [0.29, 0.717) is 11.5 Å². The van der Waals surface area contributed by atoms with Gasteiger partial charge < -0.3 is 5.32 Å². The first kappa shape index (κ1) is 11.7. The van der Waals surface area contributed by atoms with E-state index in [4.69, 9.17) is 0 Å². The third kappa shape index (κ3) is 3.08. The zero-order valence-electron chi connectivity index (χ0n) is 10.5. The van der Waals surface area contributed by atoms with Crippen molar-refractivity contribution in [3.63, 3.8) is 0 Å². The van der Waals surface area contributed by atoms with Crippen LogP contribution in [0.5, 0.6) is 0 Å². The van der Waals surface area contributed by atoms with Gasteiger partial charge in [0, 0.05) is 12.6 Å². The molecule has 1 aliphatic rings. The van der Waals surface area contributed by atoms with Gasteiger partial charge in [-0.3, -0.25) is 0 Å². The van der Waals surface area contributed by atoms with Crippen LogP contribution in [0.25, 0.3) is 0 Å². The first-order valence-electron chi connectivity index (χ1n) is 6.51. The molecule has 2 rings (SSSR count). The number of rotatable bonds is 6. The molecule has 0 amide bonds. The molecular weight excluding hydrogens is 194 g/mol. The van der Waals surface area contributed by atoms with Crippen molar-refractivity contribution in [2.24, 2.45) is 5.41 Å². The molecule has 1 N–H and O–H groups in total. The Labute approximate surface area is 99.3 Å². The second kappa shape index (κ2) is 5.01. The molecule has 0 aliphatic heterocycles. The summed E-state index contributed by atoms with van der Waals surface area (Å²) in [6.07, 6.45) is 5.26. The van der Waals surface area contributed by atoms with Gasteiger partial charge in [-0.1, -0.05) is 37.3 Å². The van der Waals surface area contributed by atoms with Gasteiger partial charge in [0.1, 0.15) is 0 Å². The first-order chi connectivity index (χ1) is 7.74. The molecule has 1 unspecified atom stereocenters. The molecule has 0 spiro atoms. The van der Waals surface area contributed by atoms with Crippen LogP contribution in [0.15, 0.2) is 30.3 Å². The van der Waals surface area contributed by atoms with E-state index in [0.717, 1.165) is 0 Å². The Morgan fingerprint density at radius 3 is 2.50 bits per heavy atom. The molecule has 0 radical (unpaired) electrons. The summed E-state index contributed by atoms with van der Waals surface area (Å²) in [5.74, 6) is 0. The molecule has 1 aliphatic carbocycles. The molecule has 0 aromatic heterocycles. The maximum atomic E-state index is 3.66. The molecule has 16 heavy (non-hydrogen) atoms. The summed E-state index contributed by atoms with van der Waals surface area (Å²) in [4.78, 5) is 0. The van der Waals surface area contributed by atoms with Crippen LogP contribution < -0.4 is 5.32 Å². The molecule has 1 fully saturated rings. The van der Waals surface area contributed by atoms with Crippen LogP contribution in [0.2, 0.25) is 0 Å². The van der Waals surface area contributed by atoms with Crippen LogP contribution in [0.4, 0.5) is 0 Å². The second-order valence-corrected chi connectivity index (χ2v) is 5.35. The lowest BCUT2D eigenvalue weighted by Gasteiger charge is -2.19. The van der Waals surface area contributed by atoms with Crippen LogP contribution in [0, 0.1) is 5.41 Å². The van der Waals surface area contributed by atoms with Gasteiger partial charge >= 0.3 is 0 Å². The summed E-state index contributed by atoms with van der Waals surface area (Å²) >= 11 is 0. The summed E-state index contributed by atoms with van der Waals surface area (Å²) in [6.45, 7) is 5.71. The molecular formula is C15H23N. The summed E-state index contributed by atoms with van der Waals surface area (Å²) in [7, 11) is 0. The van der Waals surface area contributed by atoms with Gasteiger partial charge in [0.05, 0.1) is 0 Å². The van der Waals surface area contributed by atoms with Gasteiger partial charge in [0.2, 0.25) is 0 Å². The van der Waals surface area contributed by atoms with Crippen molar-refractivity contribution in [2.45, 2.75) is 45.6 Å². The van der Waals surface area contributed by atoms with Crippen molar-refractivity contribution in [1.82, 2.24) is 5.32 Å². The Balaban J connectivity index is 1.85. The molecule has 1 atom stereocenters. The zero-order chi connectivity index (χ0) is 11.4. The summed E-state index contributed by atoms with van der Waals surface area (Å²) in [5.41, 5.74) is 2.07. The second-order valence-electron chi connectivity index (χ2n) is 5.35. The molecule has 0 saturated heterocycles. The number of nitrogens with one attached hydrogen (secondary N) is 1. The van der Waals surface area contributed by atoms with E-state index in [9.17, 15) is 0 Å². The van der Waals surface area contributed by atoms with Gasteiger partial charge in [-0.2, -0.15) is 0 Å². The van der Waals surface area contributed by atoms with Crippen LogP contribution in [-0.2, 0) is 6.42 Å². The molecule has 0 bridgehead atoms. The average molecular weight is 217 g/mol. The van der Waals surface area contributed by atoms with E-state index in [-0.39, 0.29) is 0 Å². The van der Waals surface area contributed by atoms with E-state index < -0.39 is 0 Å². The lowest BCUT2D eigenvalue weighted by Crippen LogP contribution is -2.32. The molecule has 0 heterocycles. The lowest BCUT2D eigenvalue weighted by molar-refractivity contribution is 0.413. The summed E-state index contributed by atoms with van der Waals surface area (Å²) in [6, 6.07) is 11.6. The largest absolute Gasteiger partial charge is 0.314 e. The van der Waals surface area contributed by atoms with Crippen molar-refractivity contribution in [1.29, 1.82) is 0 Å². The van der Waals surface area contributed by atoms with E-state index in [1.54, 1.807) is 0 Å². The highest BCUT2D eigenvalue weighted by molar-refractivity contribution is 5.18. The lowest BCUT2D eigenvalue weighted by atomic mass is 9.96. The summed E-state index contributed by atoms with van der Waals surface area (Å²) in [5, 5.41) is 3.66. The minimum absolute atomic E-state index is 0.574. The number of benzene rings is 1. The molecule has 1 saturated carbocycles. The molecule has 88 valence electrons. The third-order valence-corrected chi connectivity index (χ3v) is 3.82. The van der Waals surface area contributed by atoms with Crippen molar-refractivity contribution in [3.05, 3.63) is 35.9 Å². The molecule has 1 aromatic rings. The van der Waals surface area contributed by atoms with Crippen molar-refractivity contribution >= 4 is 0 Å². The SMILES string of the molecule is CCC(C)NCC1(Cc2ccccc2)CC1. The van der Waals surface area contributed by atoms with Crippen molar-refractivity contribution in [2.75, 3.05) is 6.54 Å². The Morgan fingerprint density at radius 2 is 1.94 bits per heavy atom. The number of hydrogen-bond acceptors (Lipinski definition) is 1. The predicted octanol–water partition coefficient (Wildman–Crippen LogP) is 3.40. The highest BCUT2D eigenvalue weighted by atomic mass is 14.9. The smallest absolute Gasteiger partial charge is 0.00363 e. The predicted molar refractivity (Wildman–Crippen MR) is 69.6 cm³/mol. The van der Waals surface area contributed by atoms with Crippen molar-refractivity contribution < 1.29 is 0 Å². The van der Waals surface area contributed by atoms with Gasteiger partial charge in [-0.05, 0) is 43.6 Å². The monoisotopic (exact) mass is 217 g/mol. The normalized spacial score (nSPS) is 19.4. The van der Waals surface area contributed by atoms with E-state index in [2.05, 4.69) is 49.5 Å². The first-order valence-corrected chi connectivity index (χ1v) is 6.51. The van der Waals surface area contributed by atoms with Crippen molar-refractivity contribution in [3.8, 4) is 0 Å². The molecule has 1 aromatic carbocycles. The fraction of sp³-hybridized carbons (Fsp3) is 0.600. The van der Waals surface area contributed by atoms with Gasteiger partial charge in [0.15, 0.2) is 0 Å². The minimum atomic E-state index is 0.574. The zero-order valence-corrected chi connectivity index (χ0v) is 10.5. The Kier molecular flexibility index (Phi) is 3.65. The van der Waals surface area contributed by atoms with E-state index in [1.165, 1.54) is 37.8 Å². The van der Waals surface area contributed by atoms with Crippen LogP contribution in [0.1, 0.15) is 38.7 Å². The standard InChI is InChI=1S/C15H23N/c1-3-13(2)16-12-15(9-10-15)11-14-7-5-4-6-8-14/h4-8,13,16H,3,9-12H2,1-2H3. The fourth-order valence-corrected chi connectivity index (χ4v) is 2.16. The van der Waals surface area contributed by atoms with Crippen LogP contribution in [-0.4, -0.2) is 12.6 Å². The van der Waals surface area contributed by atoms with Crippen LogP contribution >= 0.6 is 0 Å². The van der Waals surface area contributed by atoms with Crippen LogP contribution in [0.3, 0.4) is 0 Å². The maximum absolute atomic E-state index is 3.66. The topological polar surface area (TPSA) is 12.0 Å². The Bertz CT molecular complexity index is 313.